The molecule has 188 valence electrons. The van der Waals surface area contributed by atoms with Crippen molar-refractivity contribution < 1.29 is 23.8 Å². The highest BCUT2D eigenvalue weighted by Gasteiger charge is 2.20. The van der Waals surface area contributed by atoms with Crippen LogP contribution in [0, 0.1) is 6.92 Å². The topological polar surface area (TPSA) is 80.3 Å². The van der Waals surface area contributed by atoms with Crippen molar-refractivity contribution in [3.05, 3.63) is 59.2 Å². The predicted octanol–water partition coefficient (Wildman–Crippen LogP) is 3.00. The molecule has 0 radical (unpaired) electrons. The van der Waals surface area contributed by atoms with Crippen LogP contribution in [0.5, 0.6) is 17.2 Å². The number of amides is 2. The number of nitrogens with one attached hydrogen (secondary N) is 1. The molecule has 1 fully saturated rings. The number of hydrogen-bond donors (Lipinski definition) is 1. The summed E-state index contributed by atoms with van der Waals surface area (Å²) in [6, 6.07) is 11.4. The molecule has 8 nitrogen and oxygen atoms in total. The maximum atomic E-state index is 12.6. The van der Waals surface area contributed by atoms with Gasteiger partial charge in [-0.25, -0.2) is 0 Å². The van der Waals surface area contributed by atoms with E-state index in [-0.39, 0.29) is 11.8 Å². The van der Waals surface area contributed by atoms with Crippen molar-refractivity contribution in [3.63, 3.8) is 0 Å². The monoisotopic (exact) mass is 481 g/mol. The number of piperazine rings is 1. The number of rotatable bonds is 10. The average Bonchev–Trinajstić information content (AvgIpc) is 2.89. The Morgan fingerprint density at radius 3 is 2.14 bits per heavy atom. The summed E-state index contributed by atoms with van der Waals surface area (Å²) in [7, 11) is 4.57. The highest BCUT2D eigenvalue weighted by Crippen LogP contribution is 2.38. The molecule has 0 atom stereocenters. The summed E-state index contributed by atoms with van der Waals surface area (Å²) in [6.45, 7) is 6.51. The first-order valence-electron chi connectivity index (χ1n) is 11.8. The minimum Gasteiger partial charge on any atom is -0.493 e. The molecule has 0 aromatic heterocycles. The van der Waals surface area contributed by atoms with Crippen LogP contribution < -0.4 is 19.5 Å². The average molecular weight is 482 g/mol. The van der Waals surface area contributed by atoms with Gasteiger partial charge in [0.05, 0.1) is 21.3 Å². The summed E-state index contributed by atoms with van der Waals surface area (Å²) in [5.74, 6) is 1.19. The Hall–Kier alpha value is -3.52. The fraction of sp³-hybridized carbons (Fsp3) is 0.407. The smallest absolute Gasteiger partial charge is 0.251 e. The number of carbonyl (C=O) groups excluding carboxylic acids is 2. The second-order valence-electron chi connectivity index (χ2n) is 8.43. The lowest BCUT2D eigenvalue weighted by molar-refractivity contribution is -0.127. The summed E-state index contributed by atoms with van der Waals surface area (Å²) in [5, 5.41) is 2.95. The van der Waals surface area contributed by atoms with E-state index < -0.39 is 0 Å². The third-order valence-electron chi connectivity index (χ3n) is 6.04. The predicted molar refractivity (Wildman–Crippen MR) is 136 cm³/mol. The highest BCUT2D eigenvalue weighted by atomic mass is 16.5. The largest absolute Gasteiger partial charge is 0.493 e. The lowest BCUT2D eigenvalue weighted by atomic mass is 10.1. The molecule has 0 saturated carbocycles. The number of ether oxygens (including phenoxy) is 3. The van der Waals surface area contributed by atoms with E-state index >= 15 is 0 Å². The van der Waals surface area contributed by atoms with Gasteiger partial charge in [0, 0.05) is 44.4 Å². The van der Waals surface area contributed by atoms with Gasteiger partial charge < -0.3 is 24.4 Å². The van der Waals surface area contributed by atoms with Crippen LogP contribution in [0.4, 0.5) is 0 Å². The Morgan fingerprint density at radius 1 is 0.943 bits per heavy atom. The molecule has 2 amide bonds. The Labute approximate surface area is 207 Å². The first-order valence-corrected chi connectivity index (χ1v) is 11.8. The van der Waals surface area contributed by atoms with Crippen molar-refractivity contribution in [2.45, 2.75) is 13.3 Å². The molecule has 1 saturated heterocycles. The SMILES string of the molecule is COc1cc(C(=O)NCCCN2CCN(C(=O)/C=C/c3ccc(C)cc3)CC2)cc(OC)c1OC. The van der Waals surface area contributed by atoms with E-state index in [1.165, 1.54) is 26.9 Å². The van der Waals surface area contributed by atoms with Crippen LogP contribution in [0.1, 0.15) is 27.9 Å². The zero-order chi connectivity index (χ0) is 25.2. The molecule has 3 rings (SSSR count). The minimum atomic E-state index is -0.194. The maximum absolute atomic E-state index is 12.6. The number of methoxy groups -OCH3 is 3. The molecule has 1 aliphatic heterocycles. The van der Waals surface area contributed by atoms with Gasteiger partial charge in [-0.05, 0) is 43.7 Å². The molecule has 0 aliphatic carbocycles. The summed E-state index contributed by atoms with van der Waals surface area (Å²) in [6.07, 6.45) is 4.33. The molecule has 1 N–H and O–H groups in total. The molecule has 0 unspecified atom stereocenters. The van der Waals surface area contributed by atoms with E-state index in [1.807, 2.05) is 42.2 Å². The Balaban J connectivity index is 1.39. The lowest BCUT2D eigenvalue weighted by Gasteiger charge is -2.34. The van der Waals surface area contributed by atoms with E-state index in [2.05, 4.69) is 10.2 Å². The van der Waals surface area contributed by atoms with Gasteiger partial charge in [0.15, 0.2) is 11.5 Å². The summed E-state index contributed by atoms with van der Waals surface area (Å²) >= 11 is 0. The number of nitrogens with zero attached hydrogens (tertiary/aromatic N) is 2. The molecule has 2 aromatic carbocycles. The van der Waals surface area contributed by atoms with Crippen LogP contribution in [0.25, 0.3) is 6.08 Å². The Kier molecular flexibility index (Phi) is 9.55. The van der Waals surface area contributed by atoms with Crippen molar-refractivity contribution in [2.24, 2.45) is 0 Å². The number of benzene rings is 2. The third-order valence-corrected chi connectivity index (χ3v) is 6.04. The van der Waals surface area contributed by atoms with Crippen molar-refractivity contribution in [1.29, 1.82) is 0 Å². The normalized spacial score (nSPS) is 14.1. The quantitative estimate of drug-likeness (QED) is 0.415. The van der Waals surface area contributed by atoms with Gasteiger partial charge in [0.2, 0.25) is 11.7 Å². The molecular weight excluding hydrogens is 446 g/mol. The molecule has 1 aliphatic rings. The van der Waals surface area contributed by atoms with Gasteiger partial charge >= 0.3 is 0 Å². The van der Waals surface area contributed by atoms with Crippen molar-refractivity contribution >= 4 is 17.9 Å². The minimum absolute atomic E-state index is 0.0443. The van der Waals surface area contributed by atoms with E-state index in [0.717, 1.165) is 31.6 Å². The molecule has 2 aromatic rings. The van der Waals surface area contributed by atoms with Gasteiger partial charge in [0.1, 0.15) is 0 Å². The Morgan fingerprint density at radius 2 is 1.57 bits per heavy atom. The summed E-state index contributed by atoms with van der Waals surface area (Å²) in [5.41, 5.74) is 2.67. The van der Waals surface area contributed by atoms with Crippen molar-refractivity contribution in [2.75, 3.05) is 60.6 Å². The first-order chi connectivity index (χ1) is 16.9. The van der Waals surface area contributed by atoms with Gasteiger partial charge in [0.25, 0.3) is 5.91 Å². The van der Waals surface area contributed by atoms with Crippen LogP contribution in [-0.4, -0.2) is 82.2 Å². The molecule has 0 spiro atoms. The van der Waals surface area contributed by atoms with E-state index in [4.69, 9.17) is 14.2 Å². The zero-order valence-corrected chi connectivity index (χ0v) is 21.0. The van der Waals surface area contributed by atoms with E-state index in [0.29, 0.717) is 42.4 Å². The maximum Gasteiger partial charge on any atom is 0.251 e. The number of carbonyl (C=O) groups is 2. The van der Waals surface area contributed by atoms with Crippen molar-refractivity contribution in [1.82, 2.24) is 15.1 Å². The van der Waals surface area contributed by atoms with E-state index in [1.54, 1.807) is 18.2 Å². The van der Waals surface area contributed by atoms with Gasteiger partial charge in [-0.2, -0.15) is 0 Å². The first kappa shape index (κ1) is 26.1. The fourth-order valence-electron chi connectivity index (χ4n) is 3.96. The zero-order valence-electron chi connectivity index (χ0n) is 21.0. The molecule has 8 heteroatoms. The Bertz CT molecular complexity index is 1000. The summed E-state index contributed by atoms with van der Waals surface area (Å²) < 4.78 is 15.9. The standard InChI is InChI=1S/C27H35N3O5/c1-20-6-8-21(9-7-20)10-11-25(31)30-16-14-29(15-17-30)13-5-12-28-27(32)22-18-23(33-2)26(35-4)24(19-22)34-3/h6-11,18-19H,5,12-17H2,1-4H3,(H,28,32)/b11-10+. The highest BCUT2D eigenvalue weighted by molar-refractivity contribution is 5.95. The van der Waals surface area contributed by atoms with Crippen LogP contribution in [0.2, 0.25) is 0 Å². The summed E-state index contributed by atoms with van der Waals surface area (Å²) in [4.78, 5) is 29.3. The molecule has 35 heavy (non-hydrogen) atoms. The lowest BCUT2D eigenvalue weighted by Crippen LogP contribution is -2.48. The molecule has 0 bridgehead atoms. The number of aryl methyl sites for hydroxylation is 1. The third kappa shape index (κ3) is 7.23. The van der Waals surface area contributed by atoms with E-state index in [9.17, 15) is 9.59 Å². The van der Waals surface area contributed by atoms with Gasteiger partial charge in [-0.15, -0.1) is 0 Å². The fourth-order valence-corrected chi connectivity index (χ4v) is 3.96. The second kappa shape index (κ2) is 12.8. The molecular formula is C27H35N3O5. The molecule has 1 heterocycles. The van der Waals surface area contributed by atoms with Crippen LogP contribution in [-0.2, 0) is 4.79 Å². The van der Waals surface area contributed by atoms with Crippen molar-refractivity contribution in [3.8, 4) is 17.2 Å². The van der Waals surface area contributed by atoms with Gasteiger partial charge in [-0.1, -0.05) is 29.8 Å². The van der Waals surface area contributed by atoms with Crippen LogP contribution >= 0.6 is 0 Å². The van der Waals surface area contributed by atoms with Gasteiger partial charge in [-0.3, -0.25) is 14.5 Å². The number of hydrogen-bond acceptors (Lipinski definition) is 6. The van der Waals surface area contributed by atoms with Crippen LogP contribution in [0.15, 0.2) is 42.5 Å². The van der Waals surface area contributed by atoms with Crippen LogP contribution in [0.3, 0.4) is 0 Å². The second-order valence-corrected chi connectivity index (χ2v) is 8.43.